The van der Waals surface area contributed by atoms with E-state index in [1.807, 2.05) is 0 Å². The summed E-state index contributed by atoms with van der Waals surface area (Å²) in [5.74, 6) is 2.23. The van der Waals surface area contributed by atoms with Crippen LogP contribution in [0.4, 0.5) is 0 Å². The van der Waals surface area contributed by atoms with E-state index in [1.165, 1.54) is 31.2 Å². The van der Waals surface area contributed by atoms with Crippen molar-refractivity contribution in [3.63, 3.8) is 0 Å². The smallest absolute Gasteiger partial charge is 0.223 e. The van der Waals surface area contributed by atoms with E-state index in [2.05, 4.69) is 42.2 Å². The second-order valence-electron chi connectivity index (χ2n) is 6.65. The summed E-state index contributed by atoms with van der Waals surface area (Å²) >= 11 is 0. The number of amides is 1. The monoisotopic (exact) mass is 271 g/mol. The summed E-state index contributed by atoms with van der Waals surface area (Å²) in [6.45, 7) is 4.19. The molecule has 2 atom stereocenters. The van der Waals surface area contributed by atoms with Crippen LogP contribution in [0.3, 0.4) is 0 Å². The Balaban J connectivity index is 1.66. The lowest BCUT2D eigenvalue weighted by Gasteiger charge is -2.32. The molecule has 1 aliphatic carbocycles. The van der Waals surface area contributed by atoms with Crippen molar-refractivity contribution in [2.24, 2.45) is 11.8 Å². The number of likely N-dealkylation sites (tertiary alicyclic amines) is 1. The number of hydrogen-bond donors (Lipinski definition) is 0. The van der Waals surface area contributed by atoms with Gasteiger partial charge in [0.25, 0.3) is 0 Å². The number of carbonyl (C=O) groups excluding carboxylic acids is 1. The summed E-state index contributed by atoms with van der Waals surface area (Å²) in [6.07, 6.45) is 5.74. The van der Waals surface area contributed by atoms with Gasteiger partial charge in [0.15, 0.2) is 0 Å². The van der Waals surface area contributed by atoms with Gasteiger partial charge >= 0.3 is 0 Å². The molecule has 0 N–H and O–H groups in total. The van der Waals surface area contributed by atoms with Gasteiger partial charge in [0, 0.05) is 19.5 Å². The molecule has 2 aliphatic rings. The summed E-state index contributed by atoms with van der Waals surface area (Å²) in [5, 5.41) is 0. The van der Waals surface area contributed by atoms with Crippen molar-refractivity contribution >= 4 is 5.91 Å². The second kappa shape index (κ2) is 5.99. The highest BCUT2D eigenvalue weighted by Gasteiger charge is 2.35. The van der Waals surface area contributed by atoms with Gasteiger partial charge in [-0.15, -0.1) is 0 Å². The van der Waals surface area contributed by atoms with Gasteiger partial charge in [-0.25, -0.2) is 0 Å². The maximum atomic E-state index is 12.6. The van der Waals surface area contributed by atoms with Crippen LogP contribution in [-0.2, 0) is 4.79 Å². The van der Waals surface area contributed by atoms with E-state index in [1.54, 1.807) is 0 Å². The minimum Gasteiger partial charge on any atom is -0.342 e. The standard InChI is InChI=1S/C18H25NO/c1-14-6-5-11-19(13-14)18(20)12-17(16-9-10-16)15-7-3-2-4-8-15/h2-4,7-8,14,16-17H,5-6,9-13H2,1H3. The topological polar surface area (TPSA) is 20.3 Å². The Kier molecular flexibility index (Phi) is 4.09. The lowest BCUT2D eigenvalue weighted by Crippen LogP contribution is -2.39. The third kappa shape index (κ3) is 3.23. The zero-order valence-electron chi connectivity index (χ0n) is 12.4. The predicted molar refractivity (Wildman–Crippen MR) is 81.5 cm³/mol. The van der Waals surface area contributed by atoms with Crippen molar-refractivity contribution in [3.8, 4) is 0 Å². The highest BCUT2D eigenvalue weighted by atomic mass is 16.2. The average Bonchev–Trinajstić information content (AvgIpc) is 3.30. The van der Waals surface area contributed by atoms with Gasteiger partial charge in [0.1, 0.15) is 0 Å². The Morgan fingerprint density at radius 2 is 2.00 bits per heavy atom. The Morgan fingerprint density at radius 3 is 2.65 bits per heavy atom. The molecule has 0 aromatic heterocycles. The highest BCUT2D eigenvalue weighted by Crippen LogP contribution is 2.44. The largest absolute Gasteiger partial charge is 0.342 e. The van der Waals surface area contributed by atoms with Crippen molar-refractivity contribution < 1.29 is 4.79 Å². The van der Waals surface area contributed by atoms with E-state index in [0.717, 1.165) is 19.0 Å². The van der Waals surface area contributed by atoms with Crippen LogP contribution in [0.5, 0.6) is 0 Å². The maximum absolute atomic E-state index is 12.6. The molecule has 2 unspecified atom stereocenters. The molecule has 2 nitrogen and oxygen atoms in total. The van der Waals surface area contributed by atoms with E-state index < -0.39 is 0 Å². The number of carbonyl (C=O) groups is 1. The molecule has 0 radical (unpaired) electrons. The van der Waals surface area contributed by atoms with Crippen LogP contribution >= 0.6 is 0 Å². The molecule has 108 valence electrons. The molecular weight excluding hydrogens is 246 g/mol. The van der Waals surface area contributed by atoms with Crippen molar-refractivity contribution in [2.75, 3.05) is 13.1 Å². The first-order valence-electron chi connectivity index (χ1n) is 8.07. The van der Waals surface area contributed by atoms with Gasteiger partial charge in [-0.05, 0) is 49.0 Å². The lowest BCUT2D eigenvalue weighted by molar-refractivity contribution is -0.133. The number of hydrogen-bond acceptors (Lipinski definition) is 1. The van der Waals surface area contributed by atoms with Gasteiger partial charge in [-0.1, -0.05) is 37.3 Å². The Hall–Kier alpha value is -1.31. The van der Waals surface area contributed by atoms with Crippen LogP contribution in [0.1, 0.15) is 50.5 Å². The van der Waals surface area contributed by atoms with Crippen LogP contribution in [0.25, 0.3) is 0 Å². The Labute approximate surface area is 122 Å². The molecule has 2 heteroatoms. The molecule has 1 aliphatic heterocycles. The minimum atomic E-state index is 0.373. The normalized spacial score (nSPS) is 24.4. The van der Waals surface area contributed by atoms with Gasteiger partial charge in [0.05, 0.1) is 0 Å². The molecule has 1 amide bonds. The zero-order valence-corrected chi connectivity index (χ0v) is 12.4. The van der Waals surface area contributed by atoms with E-state index in [4.69, 9.17) is 0 Å². The minimum absolute atomic E-state index is 0.373. The van der Waals surface area contributed by atoms with Crippen LogP contribution < -0.4 is 0 Å². The molecule has 1 aromatic rings. The van der Waals surface area contributed by atoms with Crippen molar-refractivity contribution in [1.29, 1.82) is 0 Å². The third-order valence-corrected chi connectivity index (χ3v) is 4.82. The molecule has 1 saturated heterocycles. The summed E-state index contributed by atoms with van der Waals surface area (Å²) in [4.78, 5) is 14.7. The van der Waals surface area contributed by atoms with Gasteiger partial charge < -0.3 is 4.90 Å². The summed E-state index contributed by atoms with van der Waals surface area (Å²) in [7, 11) is 0. The van der Waals surface area contributed by atoms with E-state index in [9.17, 15) is 4.79 Å². The number of piperidine rings is 1. The molecule has 0 spiro atoms. The van der Waals surface area contributed by atoms with Gasteiger partial charge in [-0.3, -0.25) is 4.79 Å². The number of rotatable bonds is 4. The fraction of sp³-hybridized carbons (Fsp3) is 0.611. The predicted octanol–water partition coefficient (Wildman–Crippen LogP) is 3.83. The number of benzene rings is 1. The molecule has 20 heavy (non-hydrogen) atoms. The molecular formula is C18H25NO. The third-order valence-electron chi connectivity index (χ3n) is 4.82. The molecule has 2 fully saturated rings. The van der Waals surface area contributed by atoms with Crippen LogP contribution in [-0.4, -0.2) is 23.9 Å². The SMILES string of the molecule is CC1CCCN(C(=O)CC(c2ccccc2)C2CC2)C1. The van der Waals surface area contributed by atoms with Crippen molar-refractivity contribution in [1.82, 2.24) is 4.90 Å². The first-order chi connectivity index (χ1) is 9.74. The van der Waals surface area contributed by atoms with Crippen LogP contribution in [0.2, 0.25) is 0 Å². The molecule has 1 heterocycles. The van der Waals surface area contributed by atoms with E-state index in [-0.39, 0.29) is 0 Å². The molecule has 3 rings (SSSR count). The second-order valence-corrected chi connectivity index (χ2v) is 6.65. The average molecular weight is 271 g/mol. The fourth-order valence-corrected chi connectivity index (χ4v) is 3.49. The van der Waals surface area contributed by atoms with Crippen molar-refractivity contribution in [2.45, 2.75) is 44.9 Å². The Morgan fingerprint density at radius 1 is 1.25 bits per heavy atom. The lowest BCUT2D eigenvalue weighted by atomic mass is 9.90. The maximum Gasteiger partial charge on any atom is 0.223 e. The van der Waals surface area contributed by atoms with Crippen molar-refractivity contribution in [3.05, 3.63) is 35.9 Å². The van der Waals surface area contributed by atoms with E-state index in [0.29, 0.717) is 24.2 Å². The summed E-state index contributed by atoms with van der Waals surface area (Å²) < 4.78 is 0. The number of nitrogens with zero attached hydrogens (tertiary/aromatic N) is 1. The van der Waals surface area contributed by atoms with Crippen LogP contribution in [0, 0.1) is 11.8 Å². The first kappa shape index (κ1) is 13.7. The summed E-state index contributed by atoms with van der Waals surface area (Å²) in [5.41, 5.74) is 1.36. The van der Waals surface area contributed by atoms with E-state index >= 15 is 0 Å². The summed E-state index contributed by atoms with van der Waals surface area (Å²) in [6, 6.07) is 10.6. The molecule has 1 saturated carbocycles. The Bertz CT molecular complexity index is 452. The fourth-order valence-electron chi connectivity index (χ4n) is 3.49. The highest BCUT2D eigenvalue weighted by molar-refractivity contribution is 5.77. The van der Waals surface area contributed by atoms with Crippen LogP contribution in [0.15, 0.2) is 30.3 Å². The zero-order chi connectivity index (χ0) is 13.9. The first-order valence-corrected chi connectivity index (χ1v) is 8.07. The van der Waals surface area contributed by atoms with Gasteiger partial charge in [-0.2, -0.15) is 0 Å². The quantitative estimate of drug-likeness (QED) is 0.815. The molecule has 1 aromatic carbocycles. The van der Waals surface area contributed by atoms with Gasteiger partial charge in [0.2, 0.25) is 5.91 Å². The molecule has 0 bridgehead atoms.